The van der Waals surface area contributed by atoms with Crippen molar-refractivity contribution in [3.63, 3.8) is 0 Å². The summed E-state index contributed by atoms with van der Waals surface area (Å²) < 4.78 is 0. The number of hydrogen-bond donors (Lipinski definition) is 1. The molecule has 4 aromatic heterocycles. The second kappa shape index (κ2) is 8.51. The Morgan fingerprint density at radius 2 is 1.66 bits per heavy atom. The lowest BCUT2D eigenvalue weighted by Gasteiger charge is -2.36. The number of rotatable bonds is 4. The maximum Gasteiger partial charge on any atom is 0.267 e. The van der Waals surface area contributed by atoms with Gasteiger partial charge in [0.2, 0.25) is 0 Å². The van der Waals surface area contributed by atoms with E-state index in [4.69, 9.17) is 4.98 Å². The van der Waals surface area contributed by atoms with Crippen LogP contribution in [0.1, 0.15) is 21.1 Å². The fourth-order valence-corrected chi connectivity index (χ4v) is 5.08. The van der Waals surface area contributed by atoms with E-state index in [9.17, 15) is 4.79 Å². The van der Waals surface area contributed by atoms with Crippen molar-refractivity contribution in [2.45, 2.75) is 13.8 Å². The van der Waals surface area contributed by atoms with E-state index in [-0.39, 0.29) is 5.91 Å². The molecule has 1 aliphatic rings. The first-order valence-corrected chi connectivity index (χ1v) is 11.3. The first-order chi connectivity index (χ1) is 15.6. The lowest BCUT2D eigenvalue weighted by atomic mass is 10.1. The van der Waals surface area contributed by atoms with Gasteiger partial charge in [0.05, 0.1) is 10.3 Å². The number of aryl methyl sites for hydroxylation is 2. The van der Waals surface area contributed by atoms with Crippen LogP contribution in [-0.2, 0) is 0 Å². The minimum absolute atomic E-state index is 0.173. The summed E-state index contributed by atoms with van der Waals surface area (Å²) in [4.78, 5) is 37.1. The minimum atomic E-state index is -0.173. The van der Waals surface area contributed by atoms with Crippen molar-refractivity contribution in [2.24, 2.45) is 0 Å². The van der Waals surface area contributed by atoms with Crippen LogP contribution in [0.2, 0.25) is 0 Å². The molecule has 0 unspecified atom stereocenters. The Balaban J connectivity index is 1.43. The predicted molar refractivity (Wildman–Crippen MR) is 128 cm³/mol. The summed E-state index contributed by atoms with van der Waals surface area (Å²) in [7, 11) is 0. The molecule has 9 heteroatoms. The third-order valence-electron chi connectivity index (χ3n) is 5.55. The number of aromatic nitrogens is 4. The second-order valence-electron chi connectivity index (χ2n) is 7.66. The Bertz CT molecular complexity index is 1250. The Morgan fingerprint density at radius 3 is 2.34 bits per heavy atom. The van der Waals surface area contributed by atoms with Crippen molar-refractivity contribution in [3.8, 4) is 0 Å². The number of nitrogens with zero attached hydrogens (tertiary/aromatic N) is 6. The van der Waals surface area contributed by atoms with E-state index in [1.807, 2.05) is 50.4 Å². The van der Waals surface area contributed by atoms with E-state index in [0.29, 0.717) is 16.5 Å². The Hall–Kier alpha value is -3.59. The average Bonchev–Trinajstić information content (AvgIpc) is 3.16. The number of hydrogen-bond acceptors (Lipinski definition) is 8. The zero-order valence-electron chi connectivity index (χ0n) is 17.9. The maximum atomic E-state index is 13.0. The van der Waals surface area contributed by atoms with Gasteiger partial charge in [-0.05, 0) is 43.7 Å². The largest absolute Gasteiger partial charge is 0.353 e. The highest BCUT2D eigenvalue weighted by atomic mass is 32.1. The van der Waals surface area contributed by atoms with Crippen LogP contribution in [0, 0.1) is 13.8 Å². The molecule has 0 atom stereocenters. The Labute approximate surface area is 190 Å². The van der Waals surface area contributed by atoms with Gasteiger partial charge in [0, 0.05) is 38.6 Å². The lowest BCUT2D eigenvalue weighted by molar-refractivity contribution is 0.102. The van der Waals surface area contributed by atoms with Gasteiger partial charge in [-0.1, -0.05) is 12.1 Å². The highest BCUT2D eigenvalue weighted by Gasteiger charge is 2.25. The van der Waals surface area contributed by atoms with Gasteiger partial charge >= 0.3 is 0 Å². The van der Waals surface area contributed by atoms with Crippen LogP contribution < -0.4 is 15.1 Å². The molecule has 1 N–H and O–H groups in total. The molecule has 5 heterocycles. The van der Waals surface area contributed by atoms with Crippen LogP contribution in [0.5, 0.6) is 0 Å². The number of amides is 1. The topological polar surface area (TPSA) is 87.1 Å². The summed E-state index contributed by atoms with van der Waals surface area (Å²) in [5.41, 5.74) is 0.903. The lowest BCUT2D eigenvalue weighted by Crippen LogP contribution is -2.47. The molecule has 0 spiro atoms. The van der Waals surface area contributed by atoms with Gasteiger partial charge in [0.25, 0.3) is 5.91 Å². The SMILES string of the molecule is Cc1nc(N2CCN(c3ccccn3)CC2)c2c(C)c(C(=O)Nc3ccccn3)sc2n1. The van der Waals surface area contributed by atoms with E-state index in [1.165, 1.54) is 11.3 Å². The molecule has 0 radical (unpaired) electrons. The highest BCUT2D eigenvalue weighted by Crippen LogP contribution is 2.36. The summed E-state index contributed by atoms with van der Waals surface area (Å²) in [6, 6.07) is 11.4. The number of nitrogens with one attached hydrogen (secondary N) is 1. The molecule has 5 rings (SSSR count). The van der Waals surface area contributed by atoms with Gasteiger partial charge in [-0.25, -0.2) is 19.9 Å². The maximum absolute atomic E-state index is 13.0. The molecule has 162 valence electrons. The van der Waals surface area contributed by atoms with Gasteiger partial charge in [-0.2, -0.15) is 0 Å². The molecule has 0 aromatic carbocycles. The van der Waals surface area contributed by atoms with Crippen LogP contribution in [0.15, 0.2) is 48.8 Å². The molecule has 0 bridgehead atoms. The summed E-state index contributed by atoms with van der Waals surface area (Å²) in [5, 5.41) is 3.84. The van der Waals surface area contributed by atoms with Crippen molar-refractivity contribution in [1.82, 2.24) is 19.9 Å². The zero-order chi connectivity index (χ0) is 22.1. The predicted octanol–water partition coefficient (Wildman–Crippen LogP) is 3.68. The third-order valence-corrected chi connectivity index (χ3v) is 6.73. The number of carbonyl (C=O) groups is 1. The van der Waals surface area contributed by atoms with Crippen molar-refractivity contribution >= 4 is 44.9 Å². The average molecular weight is 446 g/mol. The molecule has 1 saturated heterocycles. The molecule has 8 nitrogen and oxygen atoms in total. The number of thiophene rings is 1. The summed E-state index contributed by atoms with van der Waals surface area (Å²) in [5.74, 6) is 2.96. The van der Waals surface area contributed by atoms with Crippen LogP contribution in [-0.4, -0.2) is 52.0 Å². The van der Waals surface area contributed by atoms with Crippen molar-refractivity contribution in [1.29, 1.82) is 0 Å². The van der Waals surface area contributed by atoms with E-state index in [1.54, 1.807) is 12.3 Å². The van der Waals surface area contributed by atoms with Crippen LogP contribution >= 0.6 is 11.3 Å². The molecular formula is C23H23N7OS. The fraction of sp³-hybridized carbons (Fsp3) is 0.261. The molecule has 1 amide bonds. The van der Waals surface area contributed by atoms with E-state index < -0.39 is 0 Å². The van der Waals surface area contributed by atoms with E-state index >= 15 is 0 Å². The van der Waals surface area contributed by atoms with E-state index in [2.05, 4.69) is 30.1 Å². The van der Waals surface area contributed by atoms with Crippen molar-refractivity contribution in [3.05, 3.63) is 65.1 Å². The molecule has 0 aliphatic carbocycles. The normalized spacial score (nSPS) is 14.1. The van der Waals surface area contributed by atoms with Gasteiger partial charge in [-0.3, -0.25) is 4.79 Å². The zero-order valence-corrected chi connectivity index (χ0v) is 18.8. The molecule has 1 fully saturated rings. The summed E-state index contributed by atoms with van der Waals surface area (Å²) in [6.45, 7) is 7.24. The Morgan fingerprint density at radius 1 is 0.938 bits per heavy atom. The van der Waals surface area contributed by atoms with Crippen molar-refractivity contribution in [2.75, 3.05) is 41.3 Å². The quantitative estimate of drug-likeness (QED) is 0.513. The third kappa shape index (κ3) is 3.87. The molecule has 0 saturated carbocycles. The van der Waals surface area contributed by atoms with Gasteiger partial charge < -0.3 is 15.1 Å². The first-order valence-electron chi connectivity index (χ1n) is 10.5. The van der Waals surface area contributed by atoms with Gasteiger partial charge in [-0.15, -0.1) is 11.3 Å². The smallest absolute Gasteiger partial charge is 0.267 e. The monoisotopic (exact) mass is 445 g/mol. The number of carbonyl (C=O) groups excluding carboxylic acids is 1. The van der Waals surface area contributed by atoms with Crippen molar-refractivity contribution < 1.29 is 4.79 Å². The minimum Gasteiger partial charge on any atom is -0.353 e. The number of pyridine rings is 2. The molecule has 4 aromatic rings. The standard InChI is InChI=1S/C23H23N7OS/c1-15-19-21(30-13-11-29(12-14-30)18-8-4-6-10-25-18)26-16(2)27-23(19)32-20(15)22(31)28-17-7-3-5-9-24-17/h3-10H,11-14H2,1-2H3,(H,24,28,31). The molecule has 1 aliphatic heterocycles. The molecular weight excluding hydrogens is 422 g/mol. The molecule has 32 heavy (non-hydrogen) atoms. The fourth-order valence-electron chi connectivity index (χ4n) is 3.96. The van der Waals surface area contributed by atoms with Crippen LogP contribution in [0.4, 0.5) is 17.5 Å². The van der Waals surface area contributed by atoms with Gasteiger partial charge in [0.15, 0.2) is 0 Å². The Kier molecular flexibility index (Phi) is 5.40. The highest BCUT2D eigenvalue weighted by molar-refractivity contribution is 7.20. The summed E-state index contributed by atoms with van der Waals surface area (Å²) >= 11 is 1.40. The van der Waals surface area contributed by atoms with E-state index in [0.717, 1.165) is 53.6 Å². The number of piperazine rings is 1. The number of anilines is 3. The first kappa shape index (κ1) is 20.3. The van der Waals surface area contributed by atoms with Crippen LogP contribution in [0.3, 0.4) is 0 Å². The van der Waals surface area contributed by atoms with Gasteiger partial charge in [0.1, 0.15) is 28.1 Å². The summed E-state index contributed by atoms with van der Waals surface area (Å²) in [6.07, 6.45) is 3.48. The van der Waals surface area contributed by atoms with Crippen LogP contribution in [0.25, 0.3) is 10.2 Å². The second-order valence-corrected chi connectivity index (χ2v) is 8.66. The number of fused-ring (bicyclic) bond motifs is 1.